The van der Waals surface area contributed by atoms with Gasteiger partial charge < -0.3 is 9.47 Å². The fraction of sp³-hybridized carbons (Fsp3) is 0.167. The van der Waals surface area contributed by atoms with Crippen molar-refractivity contribution in [2.75, 3.05) is 18.2 Å². The van der Waals surface area contributed by atoms with E-state index < -0.39 is 6.10 Å². The first-order valence-corrected chi connectivity index (χ1v) is 11.0. The summed E-state index contributed by atoms with van der Waals surface area (Å²) in [4.78, 5) is 21.7. The summed E-state index contributed by atoms with van der Waals surface area (Å²) in [5, 5.41) is 3.41. The van der Waals surface area contributed by atoms with Crippen molar-refractivity contribution in [1.29, 1.82) is 0 Å². The number of hydrogen-bond donors (Lipinski definition) is 1. The topological polar surface area (TPSA) is 73.3 Å². The third-order valence-corrected chi connectivity index (χ3v) is 7.31. The highest BCUT2D eigenvalue weighted by Gasteiger charge is 2.28. The zero-order valence-electron chi connectivity index (χ0n) is 14.1. The molecule has 0 bridgehead atoms. The lowest BCUT2D eigenvalue weighted by molar-refractivity contribution is -0.125. The molecule has 1 aliphatic rings. The summed E-state index contributed by atoms with van der Waals surface area (Å²) in [6.07, 6.45) is 1.30. The number of amides is 1. The predicted octanol–water partition coefficient (Wildman–Crippen LogP) is 4.41. The van der Waals surface area contributed by atoms with Crippen molar-refractivity contribution < 1.29 is 14.3 Å². The van der Waals surface area contributed by atoms with Gasteiger partial charge >= 0.3 is 0 Å². The van der Waals surface area contributed by atoms with Gasteiger partial charge in [-0.1, -0.05) is 35.2 Å². The summed E-state index contributed by atoms with van der Waals surface area (Å²) in [6, 6.07) is 11.2. The van der Waals surface area contributed by atoms with Crippen molar-refractivity contribution in [2.45, 2.75) is 10.4 Å². The Labute approximate surface area is 166 Å². The Morgan fingerprint density at radius 3 is 2.67 bits per heavy atom. The van der Waals surface area contributed by atoms with Gasteiger partial charge in [0.25, 0.3) is 5.91 Å². The molecule has 1 amide bonds. The summed E-state index contributed by atoms with van der Waals surface area (Å²) in [5.74, 6) is 0.955. The standard InChI is InChI=1S/C18H13N3O3S3/c1-25-18-20-10-7-6-9-14(15(10)27-18)26-17(19-9)21-16(22)13-8-23-11-4-2-3-5-12(11)24-13/h2-7,13H,8H2,1H3,(H,19,21,22)/t13-/m1/s1. The minimum absolute atomic E-state index is 0.171. The molecular formula is C18H13N3O3S3. The van der Waals surface area contributed by atoms with Gasteiger partial charge in [0.05, 0.1) is 20.4 Å². The highest BCUT2D eigenvalue weighted by molar-refractivity contribution is 8.00. The second-order valence-corrected chi connectivity index (χ2v) is 8.87. The van der Waals surface area contributed by atoms with Gasteiger partial charge in [-0.15, -0.1) is 11.3 Å². The van der Waals surface area contributed by atoms with Gasteiger partial charge in [0.1, 0.15) is 6.61 Å². The number of para-hydroxylation sites is 2. The van der Waals surface area contributed by atoms with E-state index in [0.29, 0.717) is 16.6 Å². The van der Waals surface area contributed by atoms with Crippen LogP contribution in [0.25, 0.3) is 20.4 Å². The van der Waals surface area contributed by atoms with Crippen LogP contribution >= 0.6 is 34.4 Å². The zero-order chi connectivity index (χ0) is 18.4. The summed E-state index contributed by atoms with van der Waals surface area (Å²) < 4.78 is 14.5. The van der Waals surface area contributed by atoms with Gasteiger partial charge in [0, 0.05) is 0 Å². The second kappa shape index (κ2) is 6.66. The second-order valence-electron chi connectivity index (χ2n) is 5.82. The maximum atomic E-state index is 12.6. The van der Waals surface area contributed by atoms with Crippen molar-refractivity contribution >= 4 is 65.9 Å². The van der Waals surface area contributed by atoms with Crippen molar-refractivity contribution in [3.63, 3.8) is 0 Å². The maximum absolute atomic E-state index is 12.6. The molecule has 1 aliphatic heterocycles. The number of carbonyl (C=O) groups excluding carboxylic acids is 1. The van der Waals surface area contributed by atoms with Crippen LogP contribution in [0.2, 0.25) is 0 Å². The number of benzene rings is 2. The van der Waals surface area contributed by atoms with Crippen molar-refractivity contribution in [1.82, 2.24) is 9.97 Å². The number of thioether (sulfide) groups is 1. The van der Waals surface area contributed by atoms with Gasteiger partial charge in [-0.05, 0) is 30.5 Å². The number of ether oxygens (including phenoxy) is 2. The molecule has 136 valence electrons. The summed E-state index contributed by atoms with van der Waals surface area (Å²) in [7, 11) is 0. The molecule has 1 atom stereocenters. The molecule has 3 heterocycles. The van der Waals surface area contributed by atoms with Crippen LogP contribution in [0.3, 0.4) is 0 Å². The first kappa shape index (κ1) is 16.8. The number of carbonyl (C=O) groups is 1. The highest BCUT2D eigenvalue weighted by atomic mass is 32.2. The number of fused-ring (bicyclic) bond motifs is 4. The van der Waals surface area contributed by atoms with Crippen LogP contribution in [-0.2, 0) is 4.79 Å². The van der Waals surface area contributed by atoms with Crippen LogP contribution < -0.4 is 14.8 Å². The monoisotopic (exact) mass is 415 g/mol. The van der Waals surface area contributed by atoms with E-state index in [9.17, 15) is 4.79 Å². The van der Waals surface area contributed by atoms with Crippen LogP contribution in [0.5, 0.6) is 11.5 Å². The maximum Gasteiger partial charge on any atom is 0.270 e. The molecule has 9 heteroatoms. The number of rotatable bonds is 3. The molecule has 0 aliphatic carbocycles. The first-order chi connectivity index (χ1) is 13.2. The number of hydrogen-bond acceptors (Lipinski definition) is 8. The van der Waals surface area contributed by atoms with E-state index in [1.165, 1.54) is 11.3 Å². The van der Waals surface area contributed by atoms with Crippen LogP contribution in [0.4, 0.5) is 5.13 Å². The predicted molar refractivity (Wildman–Crippen MR) is 110 cm³/mol. The minimum Gasteiger partial charge on any atom is -0.485 e. The largest absolute Gasteiger partial charge is 0.485 e. The van der Waals surface area contributed by atoms with Gasteiger partial charge in [0.2, 0.25) is 6.10 Å². The van der Waals surface area contributed by atoms with Gasteiger partial charge in [-0.2, -0.15) is 0 Å². The lowest BCUT2D eigenvalue weighted by Gasteiger charge is -2.25. The van der Waals surface area contributed by atoms with Crippen molar-refractivity contribution in [3.8, 4) is 11.5 Å². The molecule has 0 fully saturated rings. The summed E-state index contributed by atoms with van der Waals surface area (Å²) >= 11 is 4.72. The van der Waals surface area contributed by atoms with Crippen LogP contribution in [0.1, 0.15) is 0 Å². The number of aromatic nitrogens is 2. The molecule has 0 unspecified atom stereocenters. The van der Waals surface area contributed by atoms with Gasteiger partial charge in [-0.3, -0.25) is 10.1 Å². The normalized spacial score (nSPS) is 16.0. The Bertz CT molecular complexity index is 1170. The Morgan fingerprint density at radius 2 is 1.85 bits per heavy atom. The van der Waals surface area contributed by atoms with E-state index in [-0.39, 0.29) is 12.5 Å². The summed E-state index contributed by atoms with van der Waals surface area (Å²) in [5.41, 5.74) is 1.81. The van der Waals surface area contributed by atoms with E-state index in [0.717, 1.165) is 24.8 Å². The SMILES string of the molecule is CSc1nc2ccc3nc(NC(=O)[C@H]4COc5ccccc5O4)sc3c2s1. The fourth-order valence-electron chi connectivity index (χ4n) is 2.83. The molecular weight excluding hydrogens is 402 g/mol. The Balaban J connectivity index is 1.40. The molecule has 0 saturated carbocycles. The molecule has 4 aromatic rings. The quantitative estimate of drug-likeness (QED) is 0.500. The van der Waals surface area contributed by atoms with E-state index in [2.05, 4.69) is 15.3 Å². The molecule has 0 spiro atoms. The Hall–Kier alpha value is -2.36. The van der Waals surface area contributed by atoms with E-state index in [1.54, 1.807) is 29.2 Å². The van der Waals surface area contributed by atoms with Crippen molar-refractivity contribution in [2.24, 2.45) is 0 Å². The smallest absolute Gasteiger partial charge is 0.270 e. The molecule has 27 heavy (non-hydrogen) atoms. The molecule has 2 aromatic heterocycles. The molecule has 0 saturated heterocycles. The molecule has 5 rings (SSSR count). The molecule has 6 nitrogen and oxygen atoms in total. The highest BCUT2D eigenvalue weighted by Crippen LogP contribution is 2.38. The van der Waals surface area contributed by atoms with Crippen LogP contribution in [0.15, 0.2) is 40.7 Å². The Kier molecular flexibility index (Phi) is 4.14. The van der Waals surface area contributed by atoms with E-state index in [4.69, 9.17) is 9.47 Å². The lowest BCUT2D eigenvalue weighted by atomic mass is 10.2. The molecule has 2 aromatic carbocycles. The van der Waals surface area contributed by atoms with Gasteiger partial charge in [-0.25, -0.2) is 9.97 Å². The van der Waals surface area contributed by atoms with Crippen LogP contribution in [-0.4, -0.2) is 34.8 Å². The zero-order valence-corrected chi connectivity index (χ0v) is 16.5. The average Bonchev–Trinajstić information content (AvgIpc) is 3.30. The third-order valence-electron chi connectivity index (χ3n) is 4.10. The third kappa shape index (κ3) is 3.01. The average molecular weight is 416 g/mol. The Morgan fingerprint density at radius 1 is 1.11 bits per heavy atom. The lowest BCUT2D eigenvalue weighted by Crippen LogP contribution is -2.40. The molecule has 1 N–H and O–H groups in total. The number of nitrogens with zero attached hydrogens (tertiary/aromatic N) is 2. The molecule has 0 radical (unpaired) electrons. The van der Waals surface area contributed by atoms with E-state index >= 15 is 0 Å². The van der Waals surface area contributed by atoms with Crippen molar-refractivity contribution in [3.05, 3.63) is 36.4 Å². The first-order valence-electron chi connectivity index (χ1n) is 8.15. The number of nitrogens with one attached hydrogen (secondary N) is 1. The summed E-state index contributed by atoms with van der Waals surface area (Å²) in [6.45, 7) is 0.171. The van der Waals surface area contributed by atoms with Gasteiger partial charge in [0.15, 0.2) is 21.0 Å². The van der Waals surface area contributed by atoms with E-state index in [1.807, 2.05) is 36.6 Å². The minimum atomic E-state index is -0.710. The fourth-order valence-corrected chi connectivity index (χ4v) is 5.49. The number of anilines is 1. The van der Waals surface area contributed by atoms with Crippen LogP contribution in [0, 0.1) is 0 Å². The number of thiazole rings is 2.